The summed E-state index contributed by atoms with van der Waals surface area (Å²) >= 11 is 0. The molecule has 0 atom stereocenters. The van der Waals surface area contributed by atoms with Crippen molar-refractivity contribution < 1.29 is 42.5 Å². The summed E-state index contributed by atoms with van der Waals surface area (Å²) in [6, 6.07) is 6.28. The maximum absolute atomic E-state index is 13.8. The Bertz CT molecular complexity index is 1610. The van der Waals surface area contributed by atoms with E-state index in [1.807, 2.05) is 0 Å². The fourth-order valence-corrected chi connectivity index (χ4v) is 3.33. The predicted molar refractivity (Wildman–Crippen MR) is 122 cm³/mol. The third-order valence-electron chi connectivity index (χ3n) is 5.00. The molecule has 0 saturated carbocycles. The Morgan fingerprint density at radius 3 is 2.45 bits per heavy atom. The molecule has 0 bridgehead atoms. The van der Waals surface area contributed by atoms with Gasteiger partial charge in [0.05, 0.1) is 46.4 Å². The normalized spacial score (nSPS) is 11.2. The summed E-state index contributed by atoms with van der Waals surface area (Å²) in [6.45, 7) is -0.177. The summed E-state index contributed by atoms with van der Waals surface area (Å²) in [7, 11) is 0. The van der Waals surface area contributed by atoms with Gasteiger partial charge in [-0.3, -0.25) is 4.79 Å². The Morgan fingerprint density at radius 2 is 1.82 bits per heavy atom. The molecule has 196 valence electrons. The van der Waals surface area contributed by atoms with Gasteiger partial charge in [0.2, 0.25) is 0 Å². The van der Waals surface area contributed by atoms with E-state index in [0.717, 1.165) is 17.0 Å². The number of nitrogens with one attached hydrogen (secondary N) is 3. The number of alkyl halides is 3. The van der Waals surface area contributed by atoms with Crippen LogP contribution in [0.4, 0.5) is 28.4 Å². The second kappa shape index (κ2) is 9.92. The number of aromatic amines is 1. The molecule has 2 amide bonds. The highest BCUT2D eigenvalue weighted by atomic mass is 19.4. The number of urea groups is 1. The van der Waals surface area contributed by atoms with Crippen molar-refractivity contribution in [2.75, 3.05) is 5.32 Å². The molecule has 5 N–H and O–H groups in total. The van der Waals surface area contributed by atoms with Crippen molar-refractivity contribution in [3.05, 3.63) is 76.1 Å². The Labute approximate surface area is 208 Å². The second-order valence-electron chi connectivity index (χ2n) is 7.59. The Hall–Kier alpha value is -5.41. The summed E-state index contributed by atoms with van der Waals surface area (Å²) in [5, 5.41) is 22.6. The highest BCUT2D eigenvalue weighted by molar-refractivity contribution is 5.91. The number of H-pyrrole nitrogens is 1. The first-order valence-corrected chi connectivity index (χ1v) is 10.4. The molecule has 13 nitrogen and oxygen atoms in total. The van der Waals surface area contributed by atoms with Gasteiger partial charge in [0.25, 0.3) is 5.88 Å². The van der Waals surface area contributed by atoms with Crippen molar-refractivity contribution in [3.8, 4) is 11.6 Å². The van der Waals surface area contributed by atoms with E-state index in [9.17, 15) is 32.3 Å². The van der Waals surface area contributed by atoms with E-state index in [1.165, 1.54) is 30.5 Å². The van der Waals surface area contributed by atoms with Gasteiger partial charge in [-0.1, -0.05) is 0 Å². The zero-order chi connectivity index (χ0) is 27.6. The number of hydrogen-bond acceptors (Lipinski definition) is 7. The van der Waals surface area contributed by atoms with Gasteiger partial charge < -0.3 is 35.1 Å². The molecule has 2 aromatic carbocycles. The number of carboxylic acids is 1. The summed E-state index contributed by atoms with van der Waals surface area (Å²) in [5.41, 5.74) is -2.70. The Balaban J connectivity index is 1.56. The first-order valence-electron chi connectivity index (χ1n) is 10.4. The number of carboxylic acid groups (broad SMARTS) is 2. The smallest absolute Gasteiger partial charge is 0.478 e. The van der Waals surface area contributed by atoms with Crippen LogP contribution >= 0.6 is 0 Å². The van der Waals surface area contributed by atoms with Gasteiger partial charge in [-0.25, -0.2) is 24.4 Å². The molecule has 0 radical (unpaired) electrons. The van der Waals surface area contributed by atoms with E-state index in [0.29, 0.717) is 11.8 Å². The number of benzene rings is 2. The number of aromatic carboxylic acids is 1. The van der Waals surface area contributed by atoms with Crippen LogP contribution in [0.5, 0.6) is 5.88 Å². The van der Waals surface area contributed by atoms with Gasteiger partial charge in [0.15, 0.2) is 0 Å². The average molecular weight is 532 g/mol. The average Bonchev–Trinajstić information content (AvgIpc) is 3.31. The number of imidazole rings is 1. The molecule has 2 heterocycles. The maximum atomic E-state index is 13.8. The highest BCUT2D eigenvalue weighted by Crippen LogP contribution is 2.36. The van der Waals surface area contributed by atoms with Crippen molar-refractivity contribution in [2.45, 2.75) is 12.7 Å². The fraction of sp³-hybridized carbons (Fsp3) is 0.0909. The lowest BCUT2D eigenvalue weighted by Gasteiger charge is -2.14. The molecule has 4 aromatic rings. The monoisotopic (exact) mass is 532 g/mol. The van der Waals surface area contributed by atoms with Gasteiger partial charge in [-0.15, -0.1) is 0 Å². The number of aromatic nitrogens is 4. The molecule has 38 heavy (non-hydrogen) atoms. The molecule has 0 spiro atoms. The van der Waals surface area contributed by atoms with Gasteiger partial charge in [0.1, 0.15) is 0 Å². The van der Waals surface area contributed by atoms with Crippen LogP contribution in [0.15, 0.2) is 53.7 Å². The summed E-state index contributed by atoms with van der Waals surface area (Å²) in [4.78, 5) is 55.5. The zero-order valence-electron chi connectivity index (χ0n) is 18.7. The minimum Gasteiger partial charge on any atom is -0.478 e. The number of nitrogens with zero attached hydrogens (tertiary/aromatic N) is 3. The molecule has 0 unspecified atom stereocenters. The molecular formula is C22H15F3N6O7. The number of fused-ring (bicyclic) bond motifs is 1. The third kappa shape index (κ3) is 5.69. The number of halogens is 3. The molecule has 2 aromatic heterocycles. The van der Waals surface area contributed by atoms with Crippen LogP contribution in [0.2, 0.25) is 0 Å². The summed E-state index contributed by atoms with van der Waals surface area (Å²) in [6.07, 6.45) is -4.40. The lowest BCUT2D eigenvalue weighted by atomic mass is 10.1. The lowest BCUT2D eigenvalue weighted by Crippen LogP contribution is -2.28. The molecule has 4 rings (SSSR count). The van der Waals surface area contributed by atoms with E-state index in [4.69, 9.17) is 10.2 Å². The van der Waals surface area contributed by atoms with Crippen LogP contribution in [-0.2, 0) is 12.7 Å². The number of ether oxygens (including phenoxy) is 1. The fourth-order valence-electron chi connectivity index (χ4n) is 3.33. The van der Waals surface area contributed by atoms with Gasteiger partial charge in [-0.05, 0) is 36.4 Å². The van der Waals surface area contributed by atoms with Crippen LogP contribution in [-0.4, -0.2) is 47.9 Å². The number of rotatable bonds is 6. The van der Waals surface area contributed by atoms with Crippen molar-refractivity contribution in [2.24, 2.45) is 0 Å². The maximum Gasteiger partial charge on any atom is 0.512 e. The van der Waals surface area contributed by atoms with Crippen LogP contribution in [0.25, 0.3) is 16.7 Å². The number of hydrogen-bond donors (Lipinski definition) is 5. The third-order valence-corrected chi connectivity index (χ3v) is 5.00. The largest absolute Gasteiger partial charge is 0.512 e. The van der Waals surface area contributed by atoms with E-state index in [-0.39, 0.29) is 28.8 Å². The summed E-state index contributed by atoms with van der Waals surface area (Å²) in [5.74, 6) is -2.00. The first-order chi connectivity index (χ1) is 17.9. The number of carbonyl (C=O) groups excluding carboxylic acids is 1. The van der Waals surface area contributed by atoms with E-state index in [2.05, 4.69) is 30.3 Å². The lowest BCUT2D eigenvalue weighted by molar-refractivity contribution is -0.137. The number of carbonyl (C=O) groups is 3. The quantitative estimate of drug-likeness (QED) is 0.232. The minimum atomic E-state index is -4.85. The van der Waals surface area contributed by atoms with Crippen molar-refractivity contribution >= 4 is 34.9 Å². The van der Waals surface area contributed by atoms with Crippen molar-refractivity contribution in [1.29, 1.82) is 0 Å². The van der Waals surface area contributed by atoms with Crippen LogP contribution < -0.4 is 20.9 Å². The van der Waals surface area contributed by atoms with Gasteiger partial charge in [0, 0.05) is 11.9 Å². The molecule has 16 heteroatoms. The van der Waals surface area contributed by atoms with Gasteiger partial charge >= 0.3 is 29.9 Å². The van der Waals surface area contributed by atoms with E-state index >= 15 is 0 Å². The summed E-state index contributed by atoms with van der Waals surface area (Å²) < 4.78 is 46.7. The standard InChI is InChI=1S/C22H15F3N6O7/c23-22(24,25)13-5-14-15(30-18(17(32)29-14)38-21(36)37)6-16(13)31-8-12(27-9-31)7-26-20(35)28-11-3-1-10(2-4-11)19(33)34/h1-6,8-9H,7H2,(H,29,32)(H,33,34)(H,36,37)(H2,26,28,35). The zero-order valence-corrected chi connectivity index (χ0v) is 18.7. The van der Waals surface area contributed by atoms with Crippen molar-refractivity contribution in [3.63, 3.8) is 0 Å². The topological polar surface area (TPSA) is 189 Å². The Morgan fingerprint density at radius 1 is 1.11 bits per heavy atom. The van der Waals surface area contributed by atoms with Crippen LogP contribution in [0, 0.1) is 0 Å². The SMILES string of the molecule is O=C(NCc1cn(-c2cc3nc(OC(=O)O)c(=O)[nH]c3cc2C(F)(F)F)cn1)Nc1ccc(C(=O)O)cc1. The molecule has 0 fully saturated rings. The van der Waals surface area contributed by atoms with Gasteiger partial charge in [-0.2, -0.15) is 13.2 Å². The Kier molecular flexibility index (Phi) is 6.70. The van der Waals surface area contributed by atoms with Crippen LogP contribution in [0.3, 0.4) is 0 Å². The first kappa shape index (κ1) is 25.7. The van der Waals surface area contributed by atoms with E-state index < -0.39 is 47.0 Å². The second-order valence-corrected chi connectivity index (χ2v) is 7.59. The molecule has 0 aliphatic rings. The highest BCUT2D eigenvalue weighted by Gasteiger charge is 2.35. The van der Waals surface area contributed by atoms with Crippen molar-refractivity contribution in [1.82, 2.24) is 24.8 Å². The number of amides is 2. The predicted octanol–water partition coefficient (Wildman–Crippen LogP) is 3.20. The number of anilines is 1. The minimum absolute atomic E-state index is 0.0283. The van der Waals surface area contributed by atoms with E-state index in [1.54, 1.807) is 0 Å². The molecule has 0 saturated heterocycles. The molecular weight excluding hydrogens is 517 g/mol. The molecule has 0 aliphatic carbocycles. The van der Waals surface area contributed by atoms with Crippen LogP contribution in [0.1, 0.15) is 21.6 Å². The molecule has 0 aliphatic heterocycles.